The van der Waals surface area contributed by atoms with E-state index in [0.29, 0.717) is 6.04 Å². The Balaban J connectivity index is 2.24. The van der Waals surface area contributed by atoms with Gasteiger partial charge in [0.05, 0.1) is 0 Å². The molecule has 1 fully saturated rings. The van der Waals surface area contributed by atoms with Crippen molar-refractivity contribution in [2.75, 3.05) is 19.6 Å². The van der Waals surface area contributed by atoms with Crippen LogP contribution in [0.5, 0.6) is 0 Å². The molecule has 2 rings (SSSR count). The molecule has 0 bridgehead atoms. The van der Waals surface area contributed by atoms with Gasteiger partial charge in [-0.05, 0) is 50.9 Å². The molecule has 0 aliphatic carbocycles. The molecule has 1 aliphatic heterocycles. The molecule has 1 heterocycles. The molecule has 0 spiro atoms. The van der Waals surface area contributed by atoms with Crippen LogP contribution in [-0.4, -0.2) is 24.5 Å². The maximum Gasteiger partial charge on any atom is 0.0473 e. The number of rotatable bonds is 3. The second-order valence-corrected chi connectivity index (χ2v) is 5.21. The molecule has 2 heteroatoms. The Hall–Kier alpha value is -0.860. The summed E-state index contributed by atoms with van der Waals surface area (Å²) in [5, 5.41) is 0. The SMILES string of the molecule is Cc1ccc(C)c(C(CN)N2CCCCC2)c1. The van der Waals surface area contributed by atoms with Crippen LogP contribution in [0.2, 0.25) is 0 Å². The molecule has 94 valence electrons. The summed E-state index contributed by atoms with van der Waals surface area (Å²) in [4.78, 5) is 2.56. The average Bonchev–Trinajstić information content (AvgIpc) is 2.36. The van der Waals surface area contributed by atoms with E-state index in [1.165, 1.54) is 49.0 Å². The van der Waals surface area contributed by atoms with E-state index in [0.717, 1.165) is 6.54 Å². The Morgan fingerprint density at radius 2 is 1.88 bits per heavy atom. The number of nitrogens with two attached hydrogens (primary N) is 1. The fourth-order valence-electron chi connectivity index (χ4n) is 2.82. The first-order chi connectivity index (χ1) is 8.22. The molecule has 17 heavy (non-hydrogen) atoms. The molecule has 0 amide bonds. The Morgan fingerprint density at radius 3 is 2.53 bits per heavy atom. The Bertz CT molecular complexity index is 367. The van der Waals surface area contributed by atoms with E-state index in [1.807, 2.05) is 0 Å². The molecular formula is C15H24N2. The Morgan fingerprint density at radius 1 is 1.18 bits per heavy atom. The van der Waals surface area contributed by atoms with Crippen molar-refractivity contribution in [3.05, 3.63) is 34.9 Å². The van der Waals surface area contributed by atoms with E-state index in [-0.39, 0.29) is 0 Å². The number of hydrogen-bond acceptors (Lipinski definition) is 2. The van der Waals surface area contributed by atoms with Crippen LogP contribution >= 0.6 is 0 Å². The van der Waals surface area contributed by atoms with Gasteiger partial charge in [0.25, 0.3) is 0 Å². The van der Waals surface area contributed by atoms with Gasteiger partial charge in [0.15, 0.2) is 0 Å². The Kier molecular flexibility index (Phi) is 4.19. The van der Waals surface area contributed by atoms with Crippen LogP contribution in [-0.2, 0) is 0 Å². The highest BCUT2D eigenvalue weighted by Gasteiger charge is 2.22. The van der Waals surface area contributed by atoms with Crippen molar-refractivity contribution in [1.29, 1.82) is 0 Å². The van der Waals surface area contributed by atoms with Crippen LogP contribution in [0.25, 0.3) is 0 Å². The zero-order valence-corrected chi connectivity index (χ0v) is 11.1. The van der Waals surface area contributed by atoms with Gasteiger partial charge >= 0.3 is 0 Å². The van der Waals surface area contributed by atoms with Crippen LogP contribution in [0.4, 0.5) is 0 Å². The van der Waals surface area contributed by atoms with Gasteiger partial charge in [0.2, 0.25) is 0 Å². The first-order valence-corrected chi connectivity index (χ1v) is 6.73. The van der Waals surface area contributed by atoms with Crippen LogP contribution < -0.4 is 5.73 Å². The van der Waals surface area contributed by atoms with Gasteiger partial charge in [-0.2, -0.15) is 0 Å². The molecule has 0 aromatic heterocycles. The van der Waals surface area contributed by atoms with Gasteiger partial charge in [-0.15, -0.1) is 0 Å². The maximum atomic E-state index is 6.01. The predicted octanol–water partition coefficient (Wildman–Crippen LogP) is 2.79. The van der Waals surface area contributed by atoms with Crippen LogP contribution in [0.1, 0.15) is 42.0 Å². The molecular weight excluding hydrogens is 208 g/mol. The lowest BCUT2D eigenvalue weighted by Crippen LogP contribution is -2.37. The summed E-state index contributed by atoms with van der Waals surface area (Å²) in [5.74, 6) is 0. The van der Waals surface area contributed by atoms with E-state index < -0.39 is 0 Å². The first-order valence-electron chi connectivity index (χ1n) is 6.73. The van der Waals surface area contributed by atoms with Crippen molar-refractivity contribution in [2.45, 2.75) is 39.2 Å². The fourth-order valence-corrected chi connectivity index (χ4v) is 2.82. The van der Waals surface area contributed by atoms with E-state index in [4.69, 9.17) is 5.73 Å². The third-order valence-corrected chi connectivity index (χ3v) is 3.85. The minimum Gasteiger partial charge on any atom is -0.329 e. The summed E-state index contributed by atoms with van der Waals surface area (Å²) in [7, 11) is 0. The van der Waals surface area contributed by atoms with Crippen LogP contribution in [0, 0.1) is 13.8 Å². The molecule has 0 saturated carbocycles. The first kappa shape index (κ1) is 12.6. The molecule has 0 radical (unpaired) electrons. The van der Waals surface area contributed by atoms with Gasteiger partial charge in [-0.25, -0.2) is 0 Å². The van der Waals surface area contributed by atoms with Gasteiger partial charge < -0.3 is 5.73 Å². The summed E-state index contributed by atoms with van der Waals surface area (Å²) in [6.45, 7) is 7.49. The van der Waals surface area contributed by atoms with E-state index in [1.54, 1.807) is 0 Å². The lowest BCUT2D eigenvalue weighted by molar-refractivity contribution is 0.167. The highest BCUT2D eigenvalue weighted by atomic mass is 15.2. The average molecular weight is 232 g/mol. The summed E-state index contributed by atoms with van der Waals surface area (Å²) in [5.41, 5.74) is 10.1. The number of hydrogen-bond donors (Lipinski definition) is 1. The van der Waals surface area contributed by atoms with Crippen molar-refractivity contribution < 1.29 is 0 Å². The molecule has 1 aromatic rings. The predicted molar refractivity (Wildman–Crippen MR) is 73.1 cm³/mol. The smallest absolute Gasteiger partial charge is 0.0473 e. The van der Waals surface area contributed by atoms with Crippen molar-refractivity contribution >= 4 is 0 Å². The van der Waals surface area contributed by atoms with Crippen molar-refractivity contribution in [2.24, 2.45) is 5.73 Å². The van der Waals surface area contributed by atoms with Crippen molar-refractivity contribution in [3.8, 4) is 0 Å². The lowest BCUT2D eigenvalue weighted by Gasteiger charge is -2.35. The molecule has 2 N–H and O–H groups in total. The second kappa shape index (κ2) is 5.65. The molecule has 1 unspecified atom stereocenters. The quantitative estimate of drug-likeness (QED) is 0.868. The molecule has 1 atom stereocenters. The summed E-state index contributed by atoms with van der Waals surface area (Å²) in [6.07, 6.45) is 4.02. The number of nitrogens with zero attached hydrogens (tertiary/aromatic N) is 1. The summed E-state index contributed by atoms with van der Waals surface area (Å²) in [6, 6.07) is 7.12. The molecule has 2 nitrogen and oxygen atoms in total. The molecule has 1 saturated heterocycles. The van der Waals surface area contributed by atoms with Crippen LogP contribution in [0.3, 0.4) is 0 Å². The number of aryl methyl sites for hydroxylation is 2. The van der Waals surface area contributed by atoms with E-state index >= 15 is 0 Å². The molecule has 1 aliphatic rings. The topological polar surface area (TPSA) is 29.3 Å². The number of likely N-dealkylation sites (tertiary alicyclic amines) is 1. The van der Waals surface area contributed by atoms with E-state index in [9.17, 15) is 0 Å². The van der Waals surface area contributed by atoms with Crippen LogP contribution in [0.15, 0.2) is 18.2 Å². The third-order valence-electron chi connectivity index (χ3n) is 3.85. The summed E-state index contributed by atoms with van der Waals surface area (Å²) < 4.78 is 0. The van der Waals surface area contributed by atoms with Gasteiger partial charge in [-0.1, -0.05) is 30.2 Å². The zero-order chi connectivity index (χ0) is 12.3. The van der Waals surface area contributed by atoms with Gasteiger partial charge in [-0.3, -0.25) is 4.90 Å². The number of benzene rings is 1. The second-order valence-electron chi connectivity index (χ2n) is 5.21. The minimum atomic E-state index is 0.412. The molecule has 1 aromatic carbocycles. The Labute approximate surface area is 105 Å². The highest BCUT2D eigenvalue weighted by Crippen LogP contribution is 2.26. The standard InChI is InChI=1S/C15H24N2/c1-12-6-7-13(2)14(10-12)15(11-16)17-8-4-3-5-9-17/h6-7,10,15H,3-5,8-9,11,16H2,1-2H3. The summed E-state index contributed by atoms with van der Waals surface area (Å²) >= 11 is 0. The zero-order valence-electron chi connectivity index (χ0n) is 11.1. The fraction of sp³-hybridized carbons (Fsp3) is 0.600. The van der Waals surface area contributed by atoms with Gasteiger partial charge in [0, 0.05) is 12.6 Å². The minimum absolute atomic E-state index is 0.412. The normalized spacial score (nSPS) is 19.2. The van der Waals surface area contributed by atoms with Gasteiger partial charge in [0.1, 0.15) is 0 Å². The van der Waals surface area contributed by atoms with E-state index in [2.05, 4.69) is 36.9 Å². The highest BCUT2D eigenvalue weighted by molar-refractivity contribution is 5.33. The maximum absolute atomic E-state index is 6.01. The van der Waals surface area contributed by atoms with Crippen molar-refractivity contribution in [3.63, 3.8) is 0 Å². The monoisotopic (exact) mass is 232 g/mol. The lowest BCUT2D eigenvalue weighted by atomic mass is 9.96. The van der Waals surface area contributed by atoms with Crippen molar-refractivity contribution in [1.82, 2.24) is 4.90 Å². The number of piperidine rings is 1. The largest absolute Gasteiger partial charge is 0.329 e. The third kappa shape index (κ3) is 2.88.